The van der Waals surface area contributed by atoms with Gasteiger partial charge >= 0.3 is 6.03 Å². The topological polar surface area (TPSA) is 93.5 Å². The van der Waals surface area contributed by atoms with Gasteiger partial charge in [0.05, 0.1) is 27.9 Å². The van der Waals surface area contributed by atoms with Crippen LogP contribution in [-0.4, -0.2) is 62.2 Å². The van der Waals surface area contributed by atoms with Gasteiger partial charge in [-0.2, -0.15) is 0 Å². The highest BCUT2D eigenvalue weighted by Gasteiger charge is 2.24. The van der Waals surface area contributed by atoms with Crippen molar-refractivity contribution in [3.8, 4) is 17.2 Å². The summed E-state index contributed by atoms with van der Waals surface area (Å²) in [7, 11) is 4.77. The zero-order chi connectivity index (χ0) is 27.7. The molecular formula is C29H37N3O6. The summed E-state index contributed by atoms with van der Waals surface area (Å²) >= 11 is 0. The molecule has 0 aliphatic carbocycles. The van der Waals surface area contributed by atoms with Crippen LogP contribution in [0.2, 0.25) is 0 Å². The Morgan fingerprint density at radius 3 is 2.21 bits per heavy atom. The first kappa shape index (κ1) is 28.4. The van der Waals surface area contributed by atoms with Crippen LogP contribution in [0, 0.1) is 6.92 Å². The van der Waals surface area contributed by atoms with Crippen LogP contribution >= 0.6 is 0 Å². The van der Waals surface area contributed by atoms with Crippen molar-refractivity contribution in [3.05, 3.63) is 71.7 Å². The number of nitrogens with zero attached hydrogens (tertiary/aromatic N) is 2. The van der Waals surface area contributed by atoms with E-state index < -0.39 is 0 Å². The minimum atomic E-state index is -0.354. The first-order chi connectivity index (χ1) is 18.2. The van der Waals surface area contributed by atoms with E-state index in [9.17, 15) is 9.59 Å². The van der Waals surface area contributed by atoms with Gasteiger partial charge in [-0.3, -0.25) is 4.79 Å². The Kier molecular flexibility index (Phi) is 10.0. The molecule has 0 spiro atoms. The summed E-state index contributed by atoms with van der Waals surface area (Å²) in [4.78, 5) is 29.9. The molecule has 0 unspecified atom stereocenters. The van der Waals surface area contributed by atoms with Crippen LogP contribution in [0.5, 0.6) is 17.2 Å². The van der Waals surface area contributed by atoms with Crippen molar-refractivity contribution in [1.82, 2.24) is 9.80 Å². The summed E-state index contributed by atoms with van der Waals surface area (Å²) < 4.78 is 21.7. The Balaban J connectivity index is 1.74. The van der Waals surface area contributed by atoms with Gasteiger partial charge in [0.25, 0.3) is 0 Å². The number of hydrogen-bond acceptors (Lipinski definition) is 6. The summed E-state index contributed by atoms with van der Waals surface area (Å²) in [5, 5.41) is 2.87. The number of methoxy groups -OCH3 is 3. The quantitative estimate of drug-likeness (QED) is 0.354. The van der Waals surface area contributed by atoms with Crippen LogP contribution in [-0.2, 0) is 17.8 Å². The van der Waals surface area contributed by atoms with E-state index in [1.54, 1.807) is 50.5 Å². The summed E-state index contributed by atoms with van der Waals surface area (Å²) in [6.45, 7) is 6.27. The zero-order valence-electron chi connectivity index (χ0n) is 22.9. The first-order valence-electron chi connectivity index (χ1n) is 12.5. The maximum Gasteiger partial charge on any atom is 0.322 e. The van der Waals surface area contributed by atoms with E-state index in [1.165, 1.54) is 4.90 Å². The smallest absolute Gasteiger partial charge is 0.322 e. The monoisotopic (exact) mass is 523 g/mol. The van der Waals surface area contributed by atoms with E-state index in [2.05, 4.69) is 5.32 Å². The molecule has 9 heteroatoms. The molecule has 38 heavy (non-hydrogen) atoms. The minimum absolute atomic E-state index is 0.0781. The Morgan fingerprint density at radius 1 is 0.921 bits per heavy atom. The van der Waals surface area contributed by atoms with Crippen molar-refractivity contribution in [1.29, 1.82) is 0 Å². The first-order valence-corrected chi connectivity index (χ1v) is 12.5. The van der Waals surface area contributed by atoms with E-state index >= 15 is 0 Å². The number of amides is 3. The maximum absolute atomic E-state index is 13.6. The maximum atomic E-state index is 13.6. The minimum Gasteiger partial charge on any atom is -0.497 e. The predicted octanol–water partition coefficient (Wildman–Crippen LogP) is 5.13. The number of rotatable bonds is 12. The molecular weight excluding hydrogens is 486 g/mol. The van der Waals surface area contributed by atoms with Crippen LogP contribution < -0.4 is 19.5 Å². The fraction of sp³-hybridized carbons (Fsp3) is 0.379. The van der Waals surface area contributed by atoms with Gasteiger partial charge in [0, 0.05) is 18.3 Å². The second-order valence-electron chi connectivity index (χ2n) is 9.15. The molecule has 1 N–H and O–H groups in total. The Morgan fingerprint density at radius 2 is 1.63 bits per heavy atom. The number of hydrogen-bond donors (Lipinski definition) is 1. The number of furan rings is 1. The van der Waals surface area contributed by atoms with Crippen LogP contribution in [0.15, 0.2) is 59.0 Å². The van der Waals surface area contributed by atoms with E-state index in [-0.39, 0.29) is 24.5 Å². The average Bonchev–Trinajstić information content (AvgIpc) is 3.33. The van der Waals surface area contributed by atoms with Gasteiger partial charge in [0.2, 0.25) is 5.91 Å². The lowest BCUT2D eigenvalue weighted by atomic mass is 10.1. The van der Waals surface area contributed by atoms with Crippen LogP contribution in [0.1, 0.15) is 30.9 Å². The highest BCUT2D eigenvalue weighted by atomic mass is 16.5. The number of carbonyl (C=O) groups excluding carboxylic acids is 2. The van der Waals surface area contributed by atoms with Crippen molar-refractivity contribution in [2.24, 2.45) is 0 Å². The van der Waals surface area contributed by atoms with Gasteiger partial charge in [-0.05, 0) is 81.3 Å². The van der Waals surface area contributed by atoms with Crippen molar-refractivity contribution in [2.45, 2.75) is 39.8 Å². The molecule has 9 nitrogen and oxygen atoms in total. The number of carbonyl (C=O) groups is 2. The van der Waals surface area contributed by atoms with Crippen LogP contribution in [0.4, 0.5) is 10.5 Å². The molecule has 1 aromatic heterocycles. The van der Waals surface area contributed by atoms with Crippen molar-refractivity contribution < 1.29 is 28.2 Å². The molecule has 3 amide bonds. The average molecular weight is 524 g/mol. The molecule has 0 saturated heterocycles. The van der Waals surface area contributed by atoms with E-state index in [4.69, 9.17) is 18.6 Å². The van der Waals surface area contributed by atoms with Gasteiger partial charge in [0.15, 0.2) is 11.5 Å². The lowest BCUT2D eigenvalue weighted by Crippen LogP contribution is -2.47. The second-order valence-corrected chi connectivity index (χ2v) is 9.15. The molecule has 1 heterocycles. The molecule has 0 radical (unpaired) electrons. The highest BCUT2D eigenvalue weighted by molar-refractivity contribution is 5.92. The normalized spacial score (nSPS) is 10.7. The number of aryl methyl sites for hydroxylation is 1. The third-order valence-electron chi connectivity index (χ3n) is 6.14. The summed E-state index contributed by atoms with van der Waals surface area (Å²) in [5.74, 6) is 3.24. The Bertz CT molecular complexity index is 1210. The standard InChI is InChI=1S/C29H37N3O6/c1-20(2)32(29(34)30-23-9-12-24(35-4)13-10-23)19-28(33)31(18-25-11-7-21(3)38-25)16-15-22-8-14-26(36-5)27(17-22)37-6/h7-14,17,20H,15-16,18-19H2,1-6H3,(H,30,34). The van der Waals surface area contributed by atoms with E-state index in [1.807, 2.05) is 51.1 Å². The highest BCUT2D eigenvalue weighted by Crippen LogP contribution is 2.28. The van der Waals surface area contributed by atoms with Crippen LogP contribution in [0.25, 0.3) is 0 Å². The number of ether oxygens (including phenoxy) is 3. The number of urea groups is 1. The summed E-state index contributed by atoms with van der Waals surface area (Å²) in [5.41, 5.74) is 1.61. The Labute approximate surface area is 224 Å². The number of anilines is 1. The second kappa shape index (κ2) is 13.4. The Hall–Kier alpha value is -4.14. The van der Waals surface area contributed by atoms with Crippen molar-refractivity contribution in [2.75, 3.05) is 39.7 Å². The third-order valence-corrected chi connectivity index (χ3v) is 6.14. The van der Waals surface area contributed by atoms with Gasteiger partial charge in [-0.1, -0.05) is 6.07 Å². The molecule has 0 aliphatic rings. The van der Waals surface area contributed by atoms with Crippen molar-refractivity contribution >= 4 is 17.6 Å². The fourth-order valence-corrected chi connectivity index (χ4v) is 3.95. The molecule has 0 atom stereocenters. The summed E-state index contributed by atoms with van der Waals surface area (Å²) in [6.07, 6.45) is 0.589. The van der Waals surface area contributed by atoms with Crippen molar-refractivity contribution in [3.63, 3.8) is 0 Å². The third kappa shape index (κ3) is 7.68. The van der Waals surface area contributed by atoms with Gasteiger partial charge in [-0.15, -0.1) is 0 Å². The number of benzene rings is 2. The lowest BCUT2D eigenvalue weighted by molar-refractivity contribution is -0.133. The predicted molar refractivity (Wildman–Crippen MR) is 146 cm³/mol. The molecule has 0 saturated carbocycles. The molecule has 3 rings (SSSR count). The largest absolute Gasteiger partial charge is 0.497 e. The molecule has 0 fully saturated rings. The molecule has 204 valence electrons. The van der Waals surface area contributed by atoms with Gasteiger partial charge < -0.3 is 33.7 Å². The lowest BCUT2D eigenvalue weighted by Gasteiger charge is -2.30. The molecule has 0 aliphatic heterocycles. The molecule has 3 aromatic rings. The number of nitrogens with one attached hydrogen (secondary N) is 1. The fourth-order valence-electron chi connectivity index (χ4n) is 3.95. The molecule has 2 aromatic carbocycles. The van der Waals surface area contributed by atoms with Gasteiger partial charge in [-0.25, -0.2) is 4.79 Å². The SMILES string of the molecule is COc1ccc(NC(=O)N(CC(=O)N(CCc2ccc(OC)c(OC)c2)Cc2ccc(C)o2)C(C)C)cc1. The zero-order valence-corrected chi connectivity index (χ0v) is 22.9. The van der Waals surface area contributed by atoms with Crippen LogP contribution in [0.3, 0.4) is 0 Å². The van der Waals surface area contributed by atoms with E-state index in [0.717, 1.165) is 11.3 Å². The summed E-state index contributed by atoms with van der Waals surface area (Å²) in [6, 6.07) is 15.9. The van der Waals surface area contributed by atoms with Gasteiger partial charge in [0.1, 0.15) is 23.8 Å². The van der Waals surface area contributed by atoms with E-state index in [0.29, 0.717) is 48.2 Å². The molecule has 0 bridgehead atoms.